The van der Waals surface area contributed by atoms with Gasteiger partial charge in [0.15, 0.2) is 0 Å². The van der Waals surface area contributed by atoms with Gasteiger partial charge in [-0.2, -0.15) is 0 Å². The number of nitrogens with one attached hydrogen (secondary N) is 1. The van der Waals surface area contributed by atoms with Gasteiger partial charge in [0.2, 0.25) is 5.91 Å². The SMILES string of the molecule is COC(=O)[C@H]1CCCCN1CC(=O)NC1CCCC1. The predicted molar refractivity (Wildman–Crippen MR) is 71.6 cm³/mol. The van der Waals surface area contributed by atoms with Crippen LogP contribution in [0.5, 0.6) is 0 Å². The van der Waals surface area contributed by atoms with Crippen LogP contribution in [0.25, 0.3) is 0 Å². The largest absolute Gasteiger partial charge is 0.468 e. The molecule has 0 radical (unpaired) electrons. The number of ether oxygens (including phenoxy) is 1. The smallest absolute Gasteiger partial charge is 0.323 e. The van der Waals surface area contributed by atoms with Crippen molar-refractivity contribution in [1.29, 1.82) is 0 Å². The van der Waals surface area contributed by atoms with Crippen LogP contribution in [-0.2, 0) is 14.3 Å². The molecule has 1 saturated heterocycles. The first-order chi connectivity index (χ1) is 9.20. The van der Waals surface area contributed by atoms with Crippen LogP contribution in [0.15, 0.2) is 0 Å². The van der Waals surface area contributed by atoms with E-state index in [1.54, 1.807) is 0 Å². The van der Waals surface area contributed by atoms with Crippen LogP contribution in [0, 0.1) is 0 Å². The molecule has 1 aliphatic carbocycles. The number of carbonyl (C=O) groups excluding carboxylic acids is 2. The molecule has 0 aromatic heterocycles. The summed E-state index contributed by atoms with van der Waals surface area (Å²) in [5.41, 5.74) is 0. The molecule has 0 unspecified atom stereocenters. The first-order valence-electron chi connectivity index (χ1n) is 7.32. The number of hydrogen-bond acceptors (Lipinski definition) is 4. The fraction of sp³-hybridized carbons (Fsp3) is 0.857. The Bertz CT molecular complexity index is 327. The summed E-state index contributed by atoms with van der Waals surface area (Å²) >= 11 is 0. The van der Waals surface area contributed by atoms with Crippen LogP contribution in [0.3, 0.4) is 0 Å². The van der Waals surface area contributed by atoms with Crippen LogP contribution in [0.2, 0.25) is 0 Å². The van der Waals surface area contributed by atoms with Crippen molar-refractivity contribution in [3.05, 3.63) is 0 Å². The Hall–Kier alpha value is -1.10. The molecule has 1 atom stereocenters. The maximum absolute atomic E-state index is 12.0. The molecule has 1 heterocycles. The number of nitrogens with zero attached hydrogens (tertiary/aromatic N) is 1. The molecular formula is C14H24N2O3. The van der Waals surface area contributed by atoms with Crippen LogP contribution in [0.1, 0.15) is 44.9 Å². The number of carbonyl (C=O) groups is 2. The van der Waals surface area contributed by atoms with Crippen molar-refractivity contribution in [2.45, 2.75) is 57.0 Å². The van der Waals surface area contributed by atoms with Gasteiger partial charge < -0.3 is 10.1 Å². The topological polar surface area (TPSA) is 58.6 Å². The summed E-state index contributed by atoms with van der Waals surface area (Å²) in [6.07, 6.45) is 7.46. The zero-order valence-electron chi connectivity index (χ0n) is 11.7. The maximum atomic E-state index is 12.0. The van der Waals surface area contributed by atoms with E-state index in [0.29, 0.717) is 12.6 Å². The molecule has 1 amide bonds. The van der Waals surface area contributed by atoms with Gasteiger partial charge in [0.1, 0.15) is 6.04 Å². The van der Waals surface area contributed by atoms with E-state index in [2.05, 4.69) is 5.32 Å². The van der Waals surface area contributed by atoms with Gasteiger partial charge in [0, 0.05) is 6.04 Å². The molecule has 5 heteroatoms. The van der Waals surface area contributed by atoms with Crippen LogP contribution in [0.4, 0.5) is 0 Å². The Labute approximate surface area is 114 Å². The lowest BCUT2D eigenvalue weighted by molar-refractivity contribution is -0.148. The quantitative estimate of drug-likeness (QED) is 0.775. The molecule has 1 saturated carbocycles. The predicted octanol–water partition coefficient (Wildman–Crippen LogP) is 1.07. The van der Waals surface area contributed by atoms with E-state index in [1.807, 2.05) is 4.90 Å². The zero-order chi connectivity index (χ0) is 13.7. The zero-order valence-corrected chi connectivity index (χ0v) is 11.7. The Morgan fingerprint density at radius 2 is 1.84 bits per heavy atom. The molecule has 0 aromatic carbocycles. The highest BCUT2D eigenvalue weighted by atomic mass is 16.5. The Kier molecular flexibility index (Phi) is 5.19. The fourth-order valence-corrected chi connectivity index (χ4v) is 3.11. The highest BCUT2D eigenvalue weighted by molar-refractivity contribution is 5.80. The highest BCUT2D eigenvalue weighted by Crippen LogP contribution is 2.19. The Morgan fingerprint density at radius 3 is 2.53 bits per heavy atom. The molecule has 2 fully saturated rings. The lowest BCUT2D eigenvalue weighted by atomic mass is 10.0. The second-order valence-electron chi connectivity index (χ2n) is 5.55. The lowest BCUT2D eigenvalue weighted by Crippen LogP contribution is -2.50. The minimum Gasteiger partial charge on any atom is -0.468 e. The maximum Gasteiger partial charge on any atom is 0.323 e. The second kappa shape index (κ2) is 6.89. The summed E-state index contributed by atoms with van der Waals surface area (Å²) in [5.74, 6) is -0.170. The summed E-state index contributed by atoms with van der Waals surface area (Å²) < 4.78 is 4.82. The van der Waals surface area contributed by atoms with Gasteiger partial charge in [-0.3, -0.25) is 14.5 Å². The first-order valence-corrected chi connectivity index (χ1v) is 7.32. The summed E-state index contributed by atoms with van der Waals surface area (Å²) in [4.78, 5) is 25.7. The molecule has 0 spiro atoms. The molecule has 108 valence electrons. The van der Waals surface area contributed by atoms with E-state index in [1.165, 1.54) is 20.0 Å². The molecule has 2 aliphatic rings. The number of methoxy groups -OCH3 is 1. The van der Waals surface area contributed by atoms with E-state index in [-0.39, 0.29) is 17.9 Å². The van der Waals surface area contributed by atoms with Gasteiger partial charge in [0.25, 0.3) is 0 Å². The third-order valence-corrected chi connectivity index (χ3v) is 4.15. The summed E-state index contributed by atoms with van der Waals surface area (Å²) in [6.45, 7) is 1.12. The lowest BCUT2D eigenvalue weighted by Gasteiger charge is -2.33. The van der Waals surface area contributed by atoms with E-state index < -0.39 is 0 Å². The van der Waals surface area contributed by atoms with E-state index in [9.17, 15) is 9.59 Å². The molecule has 19 heavy (non-hydrogen) atoms. The molecule has 5 nitrogen and oxygen atoms in total. The normalized spacial score (nSPS) is 25.2. The van der Waals surface area contributed by atoms with Gasteiger partial charge in [-0.1, -0.05) is 19.3 Å². The van der Waals surface area contributed by atoms with Gasteiger partial charge in [-0.15, -0.1) is 0 Å². The standard InChI is InChI=1S/C14H24N2O3/c1-19-14(18)12-8-4-5-9-16(12)10-13(17)15-11-6-2-3-7-11/h11-12H,2-10H2,1H3,(H,15,17)/t12-/m1/s1. The summed E-state index contributed by atoms with van der Waals surface area (Å²) in [5, 5.41) is 3.07. The van der Waals surface area contributed by atoms with Crippen molar-refractivity contribution in [3.63, 3.8) is 0 Å². The van der Waals surface area contributed by atoms with E-state index >= 15 is 0 Å². The number of likely N-dealkylation sites (tertiary alicyclic amines) is 1. The summed E-state index contributed by atoms with van der Waals surface area (Å²) in [7, 11) is 1.41. The molecule has 0 aromatic rings. The van der Waals surface area contributed by atoms with Crippen molar-refractivity contribution in [1.82, 2.24) is 10.2 Å². The minimum atomic E-state index is -0.243. The van der Waals surface area contributed by atoms with Crippen LogP contribution >= 0.6 is 0 Å². The highest BCUT2D eigenvalue weighted by Gasteiger charge is 2.31. The van der Waals surface area contributed by atoms with Crippen molar-refractivity contribution in [2.24, 2.45) is 0 Å². The van der Waals surface area contributed by atoms with Gasteiger partial charge in [0.05, 0.1) is 13.7 Å². The third kappa shape index (κ3) is 3.93. The average molecular weight is 268 g/mol. The molecule has 1 aliphatic heterocycles. The Balaban J connectivity index is 1.84. The van der Waals surface area contributed by atoms with Crippen molar-refractivity contribution in [2.75, 3.05) is 20.2 Å². The van der Waals surface area contributed by atoms with Gasteiger partial charge in [-0.05, 0) is 32.2 Å². The number of amides is 1. The van der Waals surface area contributed by atoms with E-state index in [0.717, 1.165) is 38.6 Å². The average Bonchev–Trinajstić information content (AvgIpc) is 2.91. The molecule has 1 N–H and O–H groups in total. The van der Waals surface area contributed by atoms with Gasteiger partial charge >= 0.3 is 5.97 Å². The van der Waals surface area contributed by atoms with Crippen molar-refractivity contribution in [3.8, 4) is 0 Å². The first kappa shape index (κ1) is 14.3. The molecule has 0 bridgehead atoms. The Morgan fingerprint density at radius 1 is 1.16 bits per heavy atom. The number of hydrogen-bond donors (Lipinski definition) is 1. The van der Waals surface area contributed by atoms with Crippen LogP contribution in [-0.4, -0.2) is 49.1 Å². The minimum absolute atomic E-state index is 0.0442. The monoisotopic (exact) mass is 268 g/mol. The van der Waals surface area contributed by atoms with Crippen molar-refractivity contribution < 1.29 is 14.3 Å². The number of rotatable bonds is 4. The number of esters is 1. The molecular weight excluding hydrogens is 244 g/mol. The van der Waals surface area contributed by atoms with Crippen molar-refractivity contribution >= 4 is 11.9 Å². The second-order valence-corrected chi connectivity index (χ2v) is 5.55. The van der Waals surface area contributed by atoms with E-state index in [4.69, 9.17) is 4.74 Å². The third-order valence-electron chi connectivity index (χ3n) is 4.15. The summed E-state index contributed by atoms with van der Waals surface area (Å²) in [6, 6.07) is 0.0990. The molecule has 2 rings (SSSR count). The fourth-order valence-electron chi connectivity index (χ4n) is 3.11. The van der Waals surface area contributed by atoms with Gasteiger partial charge in [-0.25, -0.2) is 0 Å². The van der Waals surface area contributed by atoms with Crippen LogP contribution < -0.4 is 5.32 Å². The number of piperidine rings is 1.